The first-order chi connectivity index (χ1) is 12.3. The van der Waals surface area contributed by atoms with Crippen molar-refractivity contribution in [1.29, 1.82) is 5.26 Å². The second kappa shape index (κ2) is 6.14. The van der Waals surface area contributed by atoms with Crippen molar-refractivity contribution in [1.82, 2.24) is 4.57 Å². The van der Waals surface area contributed by atoms with Crippen LogP contribution in [-0.4, -0.2) is 10.5 Å². The predicted molar refractivity (Wildman–Crippen MR) is 99.6 cm³/mol. The van der Waals surface area contributed by atoms with E-state index in [0.717, 1.165) is 27.5 Å². The van der Waals surface area contributed by atoms with Crippen molar-refractivity contribution >= 4 is 33.4 Å². The van der Waals surface area contributed by atoms with Crippen LogP contribution in [0.4, 0.5) is 5.69 Å². The molecule has 0 radical (unpaired) electrons. The normalized spacial score (nSPS) is 10.7. The Morgan fingerprint density at radius 3 is 2.08 bits per heavy atom. The quantitative estimate of drug-likeness (QED) is 0.597. The molecule has 0 bridgehead atoms. The molecule has 0 spiro atoms. The number of carbonyl (C=O) groups is 1. The minimum atomic E-state index is -0.310. The first-order valence-corrected chi connectivity index (χ1v) is 8.04. The zero-order valence-corrected chi connectivity index (χ0v) is 13.4. The van der Waals surface area contributed by atoms with Crippen LogP contribution in [0.2, 0.25) is 0 Å². The molecule has 0 atom stereocenters. The molecule has 120 valence electrons. The molecule has 3 aromatic carbocycles. The zero-order valence-electron chi connectivity index (χ0n) is 13.4. The van der Waals surface area contributed by atoms with Crippen LogP contribution in [0.3, 0.4) is 0 Å². The summed E-state index contributed by atoms with van der Waals surface area (Å²) >= 11 is 0. The maximum atomic E-state index is 11.9. The smallest absolute Gasteiger partial charge is 0.238 e. The van der Waals surface area contributed by atoms with Crippen molar-refractivity contribution in [3.8, 4) is 11.8 Å². The number of hydrogen-bond donors (Lipinski definition) is 1. The van der Waals surface area contributed by atoms with Crippen LogP contribution in [0.5, 0.6) is 0 Å². The molecule has 1 heterocycles. The van der Waals surface area contributed by atoms with E-state index >= 15 is 0 Å². The molecular formula is C21H15N3O. The van der Waals surface area contributed by atoms with Gasteiger partial charge in [-0.2, -0.15) is 5.26 Å². The van der Waals surface area contributed by atoms with Crippen molar-refractivity contribution in [3.63, 3.8) is 0 Å². The van der Waals surface area contributed by atoms with Crippen LogP contribution in [0, 0.1) is 11.3 Å². The van der Waals surface area contributed by atoms with Crippen LogP contribution in [0.25, 0.3) is 27.5 Å². The molecule has 25 heavy (non-hydrogen) atoms. The lowest BCUT2D eigenvalue weighted by Crippen LogP contribution is -2.12. The summed E-state index contributed by atoms with van der Waals surface area (Å²) in [5.74, 6) is -0.310. The van der Waals surface area contributed by atoms with Crippen molar-refractivity contribution in [3.05, 3.63) is 72.8 Å². The summed E-state index contributed by atoms with van der Waals surface area (Å²) < 4.78 is 2.15. The summed E-state index contributed by atoms with van der Waals surface area (Å²) in [6.45, 7) is 0. The molecule has 0 unspecified atom stereocenters. The number of nitrogens with one attached hydrogen (secondary N) is 1. The number of hydrogen-bond acceptors (Lipinski definition) is 2. The third-order valence-corrected chi connectivity index (χ3v) is 4.24. The number of para-hydroxylation sites is 4. The molecule has 4 rings (SSSR count). The molecule has 1 N–H and O–H groups in total. The Hall–Kier alpha value is -3.58. The Morgan fingerprint density at radius 2 is 1.44 bits per heavy atom. The second-order valence-electron chi connectivity index (χ2n) is 5.77. The molecule has 4 nitrogen and oxygen atoms in total. The van der Waals surface area contributed by atoms with Crippen LogP contribution in [-0.2, 0) is 4.79 Å². The van der Waals surface area contributed by atoms with E-state index in [0.29, 0.717) is 5.69 Å². The zero-order chi connectivity index (χ0) is 17.2. The molecular weight excluding hydrogens is 310 g/mol. The third-order valence-electron chi connectivity index (χ3n) is 4.24. The van der Waals surface area contributed by atoms with Crippen LogP contribution in [0.1, 0.15) is 6.42 Å². The van der Waals surface area contributed by atoms with Gasteiger partial charge in [0, 0.05) is 10.8 Å². The fraction of sp³-hybridized carbons (Fsp3) is 0.0476. The number of fused-ring (bicyclic) bond motifs is 3. The van der Waals surface area contributed by atoms with E-state index in [1.54, 1.807) is 0 Å². The Morgan fingerprint density at radius 1 is 0.880 bits per heavy atom. The van der Waals surface area contributed by atoms with Crippen molar-refractivity contribution in [2.75, 3.05) is 5.32 Å². The van der Waals surface area contributed by atoms with E-state index in [1.165, 1.54) is 0 Å². The molecule has 0 aliphatic rings. The predicted octanol–water partition coefficient (Wildman–Crippen LogP) is 4.64. The maximum Gasteiger partial charge on any atom is 0.238 e. The molecule has 0 saturated heterocycles. The second-order valence-corrected chi connectivity index (χ2v) is 5.77. The van der Waals surface area contributed by atoms with Crippen LogP contribution >= 0.6 is 0 Å². The number of anilines is 1. The van der Waals surface area contributed by atoms with Gasteiger partial charge in [-0.3, -0.25) is 4.79 Å². The minimum absolute atomic E-state index is 0.165. The van der Waals surface area contributed by atoms with Gasteiger partial charge < -0.3 is 9.88 Å². The number of carbonyl (C=O) groups excluding carboxylic acids is 1. The summed E-state index contributed by atoms with van der Waals surface area (Å²) in [6.07, 6.45) is -0.165. The van der Waals surface area contributed by atoms with E-state index in [4.69, 9.17) is 5.26 Å². The third kappa shape index (κ3) is 2.52. The van der Waals surface area contributed by atoms with Crippen LogP contribution in [0.15, 0.2) is 72.8 Å². The Labute approximate surface area is 144 Å². The largest absolute Gasteiger partial charge is 0.323 e. The standard InChI is InChI=1S/C21H15N3O/c22-14-13-21(25)23-17-9-3-6-12-20(17)24-18-10-4-1-7-15(18)16-8-2-5-11-19(16)24/h1-12H,13H2,(H,23,25). The van der Waals surface area contributed by atoms with Crippen LogP contribution < -0.4 is 5.32 Å². The van der Waals surface area contributed by atoms with Gasteiger partial charge in [-0.1, -0.05) is 48.5 Å². The number of benzene rings is 3. The lowest BCUT2D eigenvalue weighted by molar-refractivity contribution is -0.115. The Balaban J connectivity index is 1.99. The van der Waals surface area contributed by atoms with Gasteiger partial charge in [-0.05, 0) is 24.3 Å². The van der Waals surface area contributed by atoms with E-state index in [-0.39, 0.29) is 12.3 Å². The van der Waals surface area contributed by atoms with E-state index in [2.05, 4.69) is 34.1 Å². The van der Waals surface area contributed by atoms with E-state index in [1.807, 2.05) is 54.6 Å². The molecule has 4 heteroatoms. The number of nitrogens with zero attached hydrogens (tertiary/aromatic N) is 2. The monoisotopic (exact) mass is 325 g/mol. The fourth-order valence-corrected chi connectivity index (χ4v) is 3.22. The van der Waals surface area contributed by atoms with Gasteiger partial charge in [0.05, 0.1) is 28.5 Å². The summed E-state index contributed by atoms with van der Waals surface area (Å²) in [6, 6.07) is 26.0. The van der Waals surface area contributed by atoms with E-state index < -0.39 is 0 Å². The summed E-state index contributed by atoms with van der Waals surface area (Å²) in [4.78, 5) is 11.9. The molecule has 4 aromatic rings. The summed E-state index contributed by atoms with van der Waals surface area (Å²) in [5, 5.41) is 13.9. The van der Waals surface area contributed by atoms with Gasteiger partial charge in [0.2, 0.25) is 5.91 Å². The van der Waals surface area contributed by atoms with Crippen molar-refractivity contribution < 1.29 is 4.79 Å². The highest BCUT2D eigenvalue weighted by Crippen LogP contribution is 2.34. The molecule has 1 aromatic heterocycles. The lowest BCUT2D eigenvalue weighted by Gasteiger charge is -2.13. The van der Waals surface area contributed by atoms with Gasteiger partial charge in [0.25, 0.3) is 0 Å². The number of rotatable bonds is 3. The molecule has 0 fully saturated rings. The van der Waals surface area contributed by atoms with E-state index in [9.17, 15) is 4.79 Å². The molecule has 0 aliphatic heterocycles. The number of amides is 1. The fourth-order valence-electron chi connectivity index (χ4n) is 3.22. The Kier molecular flexibility index (Phi) is 3.68. The van der Waals surface area contributed by atoms with Gasteiger partial charge in [-0.15, -0.1) is 0 Å². The average molecular weight is 325 g/mol. The van der Waals surface area contributed by atoms with Gasteiger partial charge in [-0.25, -0.2) is 0 Å². The first-order valence-electron chi connectivity index (χ1n) is 8.04. The highest BCUT2D eigenvalue weighted by atomic mass is 16.1. The Bertz CT molecular complexity index is 1080. The first kappa shape index (κ1) is 15.0. The van der Waals surface area contributed by atoms with Gasteiger partial charge in [0.1, 0.15) is 6.42 Å². The maximum absolute atomic E-state index is 11.9. The van der Waals surface area contributed by atoms with Gasteiger partial charge in [0.15, 0.2) is 0 Å². The minimum Gasteiger partial charge on any atom is -0.323 e. The molecule has 0 saturated carbocycles. The SMILES string of the molecule is N#CCC(=O)Nc1ccccc1-n1c2ccccc2c2ccccc21. The highest BCUT2D eigenvalue weighted by Gasteiger charge is 2.14. The van der Waals surface area contributed by atoms with Crippen molar-refractivity contribution in [2.45, 2.75) is 6.42 Å². The summed E-state index contributed by atoms with van der Waals surface area (Å²) in [7, 11) is 0. The number of nitriles is 1. The average Bonchev–Trinajstić information content (AvgIpc) is 2.97. The highest BCUT2D eigenvalue weighted by molar-refractivity contribution is 6.10. The summed E-state index contributed by atoms with van der Waals surface area (Å²) in [5.41, 5.74) is 3.72. The topological polar surface area (TPSA) is 57.8 Å². The molecule has 0 aliphatic carbocycles. The number of aromatic nitrogens is 1. The lowest BCUT2D eigenvalue weighted by atomic mass is 10.2. The molecule has 1 amide bonds. The van der Waals surface area contributed by atoms with Gasteiger partial charge >= 0.3 is 0 Å². The van der Waals surface area contributed by atoms with Crippen molar-refractivity contribution in [2.24, 2.45) is 0 Å².